The Morgan fingerprint density at radius 1 is 1.00 bits per heavy atom. The van der Waals surface area contributed by atoms with Crippen LogP contribution in [0.15, 0.2) is 0 Å². The van der Waals surface area contributed by atoms with E-state index in [2.05, 4.69) is 4.74 Å². The second-order valence-electron chi connectivity index (χ2n) is 2.69. The second-order valence-corrected chi connectivity index (χ2v) is 2.69. The van der Waals surface area contributed by atoms with Crippen LogP contribution in [0.2, 0.25) is 0 Å². The van der Waals surface area contributed by atoms with Crippen LogP contribution in [0.25, 0.3) is 0 Å². The van der Waals surface area contributed by atoms with Crippen molar-refractivity contribution >= 4 is 0 Å². The maximum Gasteiger partial charge on any atom is 0.184 e. The van der Waals surface area contributed by atoms with Gasteiger partial charge in [0.05, 0.1) is 0 Å². The Labute approximate surface area is 68.0 Å². The minimum atomic E-state index is -1.65. The summed E-state index contributed by atoms with van der Waals surface area (Å²) in [7, 11) is 0. The summed E-state index contributed by atoms with van der Waals surface area (Å²) in [5.41, 5.74) is 0. The minimum Gasteiger partial charge on any atom is -0.387 e. The molecule has 1 saturated heterocycles. The molecule has 4 N–H and O–H groups in total. The molecule has 1 unspecified atom stereocenters. The van der Waals surface area contributed by atoms with Crippen LogP contribution in [0, 0.1) is 0 Å². The highest BCUT2D eigenvalue weighted by Crippen LogP contribution is 2.19. The van der Waals surface area contributed by atoms with Gasteiger partial charge in [0.2, 0.25) is 0 Å². The summed E-state index contributed by atoms with van der Waals surface area (Å²) < 4.78 is 16.5. The van der Waals surface area contributed by atoms with Gasteiger partial charge < -0.3 is 25.2 Å². The van der Waals surface area contributed by atoms with Gasteiger partial charge in [0, 0.05) is 0 Å². The Kier molecular flexibility index (Phi) is 2.97. The molecule has 0 aliphatic carbocycles. The van der Waals surface area contributed by atoms with E-state index in [1.807, 2.05) is 0 Å². The fourth-order valence-corrected chi connectivity index (χ4v) is 1.06. The molecule has 12 heavy (non-hydrogen) atoms. The Morgan fingerprint density at radius 2 is 1.58 bits per heavy atom. The summed E-state index contributed by atoms with van der Waals surface area (Å²) >= 11 is 0. The number of ether oxygens (including phenoxy) is 1. The van der Waals surface area contributed by atoms with Crippen LogP contribution in [-0.4, -0.2) is 57.8 Å². The van der Waals surface area contributed by atoms with Gasteiger partial charge in [-0.25, -0.2) is 4.39 Å². The van der Waals surface area contributed by atoms with E-state index in [4.69, 9.17) is 20.4 Å². The number of rotatable bonds is 1. The minimum absolute atomic E-state index is 1.03. The van der Waals surface area contributed by atoms with Gasteiger partial charge in [-0.1, -0.05) is 0 Å². The standard InChI is InChI=1S/C6H11FO5/c7-1-2-3(8)4(9)5(10)6(11)12-2/h2-6,8-11H,1H2/t2-,3+,4+,5-,6?/m1/s1/i7-1. The van der Waals surface area contributed by atoms with Gasteiger partial charge in [-0.2, -0.15) is 0 Å². The largest absolute Gasteiger partial charge is 0.387 e. The van der Waals surface area contributed by atoms with Gasteiger partial charge in [0.15, 0.2) is 6.29 Å². The number of alkyl halides is 1. The fraction of sp³-hybridized carbons (Fsp3) is 1.00. The first-order chi connectivity index (χ1) is 5.57. The number of halogens is 1. The van der Waals surface area contributed by atoms with E-state index in [0.717, 1.165) is 0 Å². The average molecular weight is 181 g/mol. The lowest BCUT2D eigenvalue weighted by atomic mass is 10.00. The summed E-state index contributed by atoms with van der Waals surface area (Å²) in [4.78, 5) is 0. The third-order valence-electron chi connectivity index (χ3n) is 1.84. The molecule has 5 atom stereocenters. The van der Waals surface area contributed by atoms with Crippen molar-refractivity contribution in [2.24, 2.45) is 0 Å². The van der Waals surface area contributed by atoms with Gasteiger partial charge in [-0.15, -0.1) is 0 Å². The summed E-state index contributed by atoms with van der Waals surface area (Å²) in [6.45, 7) is -1.03. The van der Waals surface area contributed by atoms with Crippen molar-refractivity contribution in [3.8, 4) is 0 Å². The molecule has 1 aliphatic heterocycles. The second kappa shape index (κ2) is 3.63. The molecule has 0 bridgehead atoms. The van der Waals surface area contributed by atoms with Gasteiger partial charge in [0.1, 0.15) is 31.1 Å². The first-order valence-corrected chi connectivity index (χ1v) is 3.51. The zero-order valence-electron chi connectivity index (χ0n) is 6.17. The molecule has 0 aromatic carbocycles. The molecular formula is C6H11FO5. The molecule has 0 saturated carbocycles. The molecule has 1 heterocycles. The molecule has 0 radical (unpaired) electrons. The van der Waals surface area contributed by atoms with Crippen LogP contribution in [-0.2, 0) is 4.74 Å². The van der Waals surface area contributed by atoms with Crippen molar-refractivity contribution in [2.45, 2.75) is 30.7 Å². The third-order valence-corrected chi connectivity index (χ3v) is 1.84. The maximum atomic E-state index is 12.0. The van der Waals surface area contributed by atoms with Gasteiger partial charge in [-0.05, 0) is 0 Å². The zero-order valence-corrected chi connectivity index (χ0v) is 6.17. The van der Waals surface area contributed by atoms with Crippen LogP contribution in [0.4, 0.5) is 4.39 Å². The number of aliphatic hydroxyl groups is 4. The Morgan fingerprint density at radius 3 is 2.08 bits per heavy atom. The van der Waals surface area contributed by atoms with E-state index in [0.29, 0.717) is 0 Å². The van der Waals surface area contributed by atoms with Gasteiger partial charge >= 0.3 is 0 Å². The Bertz CT molecular complexity index is 150. The number of hydrogen-bond acceptors (Lipinski definition) is 5. The predicted octanol–water partition coefficient (Wildman–Crippen LogP) is -2.24. The number of hydrogen-bond donors (Lipinski definition) is 4. The summed E-state index contributed by atoms with van der Waals surface area (Å²) in [5, 5.41) is 35.8. The summed E-state index contributed by atoms with van der Waals surface area (Å²) in [6.07, 6.45) is -7.60. The average Bonchev–Trinajstić information content (AvgIpc) is 2.08. The summed E-state index contributed by atoms with van der Waals surface area (Å²) in [6, 6.07) is 0. The normalized spacial score (nSPS) is 49.2. The predicted molar refractivity (Wildman–Crippen MR) is 34.9 cm³/mol. The molecule has 1 aliphatic rings. The van der Waals surface area contributed by atoms with Crippen LogP contribution >= 0.6 is 0 Å². The van der Waals surface area contributed by atoms with Gasteiger partial charge in [0.25, 0.3) is 0 Å². The molecule has 0 aromatic rings. The lowest BCUT2D eigenvalue weighted by molar-refractivity contribution is -0.283. The highest BCUT2D eigenvalue weighted by molar-refractivity contribution is 4.88. The smallest absolute Gasteiger partial charge is 0.184 e. The topological polar surface area (TPSA) is 90.2 Å². The highest BCUT2D eigenvalue weighted by atomic mass is 18.2. The van der Waals surface area contributed by atoms with E-state index >= 15 is 0 Å². The molecule has 6 heteroatoms. The molecule has 72 valence electrons. The molecule has 0 spiro atoms. The quantitative estimate of drug-likeness (QED) is 0.367. The van der Waals surface area contributed by atoms with Crippen molar-refractivity contribution in [2.75, 3.05) is 6.67 Å². The first kappa shape index (κ1) is 9.82. The lowest BCUT2D eigenvalue weighted by Gasteiger charge is -2.37. The molecule has 0 amide bonds. The summed E-state index contributed by atoms with van der Waals surface area (Å²) in [5.74, 6) is 0. The van der Waals surface area contributed by atoms with E-state index < -0.39 is 37.4 Å². The van der Waals surface area contributed by atoms with Crippen molar-refractivity contribution in [1.29, 1.82) is 0 Å². The SMILES string of the molecule is OC1O[C@H](C[18F])[C@H](O)[C@H](O)[C@H]1O. The van der Waals surface area contributed by atoms with E-state index in [1.54, 1.807) is 0 Å². The first-order valence-electron chi connectivity index (χ1n) is 3.51. The zero-order chi connectivity index (χ0) is 9.30. The molecule has 1 fully saturated rings. The molecule has 1 rings (SSSR count). The molecule has 0 aromatic heterocycles. The molecule has 5 nitrogen and oxygen atoms in total. The van der Waals surface area contributed by atoms with Crippen molar-refractivity contribution in [3.05, 3.63) is 0 Å². The van der Waals surface area contributed by atoms with Crippen LogP contribution in [0.5, 0.6) is 0 Å². The van der Waals surface area contributed by atoms with Gasteiger partial charge in [-0.3, -0.25) is 0 Å². The van der Waals surface area contributed by atoms with E-state index in [9.17, 15) is 4.39 Å². The number of aliphatic hydroxyl groups excluding tert-OH is 4. The Balaban J connectivity index is 2.63. The Hall–Kier alpha value is -0.270. The van der Waals surface area contributed by atoms with E-state index in [1.165, 1.54) is 0 Å². The van der Waals surface area contributed by atoms with Crippen LogP contribution < -0.4 is 0 Å². The lowest BCUT2D eigenvalue weighted by Crippen LogP contribution is -2.58. The highest BCUT2D eigenvalue weighted by Gasteiger charge is 2.42. The van der Waals surface area contributed by atoms with E-state index in [-0.39, 0.29) is 0 Å². The van der Waals surface area contributed by atoms with Crippen LogP contribution in [0.3, 0.4) is 0 Å². The van der Waals surface area contributed by atoms with Crippen LogP contribution in [0.1, 0.15) is 0 Å². The van der Waals surface area contributed by atoms with Crippen molar-refractivity contribution in [3.63, 3.8) is 0 Å². The monoisotopic (exact) mass is 181 g/mol. The van der Waals surface area contributed by atoms with Crippen molar-refractivity contribution < 1.29 is 29.6 Å². The molecular weight excluding hydrogens is 170 g/mol. The fourth-order valence-electron chi connectivity index (χ4n) is 1.06. The maximum absolute atomic E-state index is 12.0. The van der Waals surface area contributed by atoms with Crippen molar-refractivity contribution in [1.82, 2.24) is 0 Å². The third kappa shape index (κ3) is 1.57.